The van der Waals surface area contributed by atoms with Crippen molar-refractivity contribution >= 4 is 34.4 Å². The van der Waals surface area contributed by atoms with Crippen LogP contribution in [0.2, 0.25) is 0 Å². The topological polar surface area (TPSA) is 98.2 Å². The number of nitrogens with zero attached hydrogens (tertiary/aromatic N) is 2. The van der Waals surface area contributed by atoms with Crippen molar-refractivity contribution in [2.75, 3.05) is 25.3 Å². The van der Waals surface area contributed by atoms with Gasteiger partial charge in [0.1, 0.15) is 17.0 Å². The van der Waals surface area contributed by atoms with E-state index in [4.69, 9.17) is 9.47 Å². The predicted molar refractivity (Wildman–Crippen MR) is 119 cm³/mol. The van der Waals surface area contributed by atoms with E-state index in [0.717, 1.165) is 5.69 Å². The molecule has 0 fully saturated rings. The number of rotatable bonds is 8. The lowest BCUT2D eigenvalue weighted by Crippen LogP contribution is -2.26. The number of anilines is 1. The number of amides is 1. The number of aromatic nitrogens is 3. The largest absolute Gasteiger partial charge is 0.497 e. The molecule has 160 valence electrons. The van der Waals surface area contributed by atoms with Gasteiger partial charge in [0.05, 0.1) is 25.5 Å². The first-order valence-electron chi connectivity index (χ1n) is 9.56. The maximum atomic E-state index is 12.9. The molecule has 0 spiro atoms. The normalized spacial score (nSPS) is 11.1. The standard InChI is InChI=1S/C21H26N4O4S/c1-12(2)10-25-20(27)19-17(6-13(3)22-19)24-21(25)30-11-18(26)23-14-7-15(28-4)9-16(8-14)29-5/h6-9,12,22H,10-11H2,1-5H3,(H,23,26). The fourth-order valence-corrected chi connectivity index (χ4v) is 3.86. The Bertz CT molecular complexity index is 1100. The molecule has 0 aliphatic heterocycles. The van der Waals surface area contributed by atoms with Crippen molar-refractivity contribution in [2.45, 2.75) is 32.5 Å². The molecule has 2 aromatic heterocycles. The minimum atomic E-state index is -0.217. The van der Waals surface area contributed by atoms with Crippen LogP contribution in [0.15, 0.2) is 34.2 Å². The van der Waals surface area contributed by atoms with Gasteiger partial charge in [0.15, 0.2) is 5.16 Å². The summed E-state index contributed by atoms with van der Waals surface area (Å²) in [5.74, 6) is 1.32. The molecule has 8 nitrogen and oxygen atoms in total. The van der Waals surface area contributed by atoms with Crippen molar-refractivity contribution < 1.29 is 14.3 Å². The molecule has 0 saturated heterocycles. The molecular formula is C21H26N4O4S. The van der Waals surface area contributed by atoms with Crippen LogP contribution < -0.4 is 20.3 Å². The summed E-state index contributed by atoms with van der Waals surface area (Å²) in [7, 11) is 3.10. The number of fused-ring (bicyclic) bond motifs is 1. The smallest absolute Gasteiger partial charge is 0.278 e. The first kappa shape index (κ1) is 21.8. The summed E-state index contributed by atoms with van der Waals surface area (Å²) < 4.78 is 12.1. The monoisotopic (exact) mass is 430 g/mol. The molecule has 3 aromatic rings. The molecule has 0 saturated carbocycles. The molecular weight excluding hydrogens is 404 g/mol. The van der Waals surface area contributed by atoms with Crippen molar-refractivity contribution in [3.8, 4) is 11.5 Å². The second-order valence-corrected chi connectivity index (χ2v) is 8.30. The van der Waals surface area contributed by atoms with E-state index in [1.807, 2.05) is 26.8 Å². The highest BCUT2D eigenvalue weighted by molar-refractivity contribution is 7.99. The summed E-state index contributed by atoms with van der Waals surface area (Å²) in [4.78, 5) is 33.2. The highest BCUT2D eigenvalue weighted by Gasteiger charge is 2.16. The number of H-pyrrole nitrogens is 1. The predicted octanol–water partition coefficient (Wildman–Crippen LogP) is 3.44. The van der Waals surface area contributed by atoms with Gasteiger partial charge in [0.2, 0.25) is 5.91 Å². The summed E-state index contributed by atoms with van der Waals surface area (Å²) in [6, 6.07) is 7.00. The first-order chi connectivity index (χ1) is 14.3. The van der Waals surface area contributed by atoms with E-state index < -0.39 is 0 Å². The van der Waals surface area contributed by atoms with Gasteiger partial charge < -0.3 is 19.8 Å². The van der Waals surface area contributed by atoms with Crippen molar-refractivity contribution in [1.29, 1.82) is 0 Å². The van der Waals surface area contributed by atoms with Gasteiger partial charge in [0.25, 0.3) is 5.56 Å². The van der Waals surface area contributed by atoms with E-state index >= 15 is 0 Å². The van der Waals surface area contributed by atoms with Gasteiger partial charge in [-0.05, 0) is 18.9 Å². The molecule has 0 radical (unpaired) electrons. The number of hydrogen-bond donors (Lipinski definition) is 2. The zero-order valence-electron chi connectivity index (χ0n) is 17.7. The van der Waals surface area contributed by atoms with Crippen LogP contribution in [0.4, 0.5) is 5.69 Å². The number of nitrogens with one attached hydrogen (secondary N) is 2. The number of carbonyl (C=O) groups excluding carboxylic acids is 1. The Morgan fingerprint density at radius 3 is 2.47 bits per heavy atom. The number of benzene rings is 1. The minimum Gasteiger partial charge on any atom is -0.497 e. The van der Waals surface area contributed by atoms with Crippen LogP contribution >= 0.6 is 11.8 Å². The van der Waals surface area contributed by atoms with Gasteiger partial charge in [-0.2, -0.15) is 0 Å². The highest BCUT2D eigenvalue weighted by atomic mass is 32.2. The van der Waals surface area contributed by atoms with Gasteiger partial charge in [0, 0.05) is 36.1 Å². The molecule has 0 bridgehead atoms. The van der Waals surface area contributed by atoms with Crippen molar-refractivity contribution in [3.63, 3.8) is 0 Å². The third kappa shape index (κ3) is 4.96. The van der Waals surface area contributed by atoms with Crippen LogP contribution in [0.1, 0.15) is 19.5 Å². The molecule has 0 aliphatic rings. The van der Waals surface area contributed by atoms with Crippen molar-refractivity contribution in [2.24, 2.45) is 5.92 Å². The number of aryl methyl sites for hydroxylation is 1. The lowest BCUT2D eigenvalue weighted by molar-refractivity contribution is -0.113. The van der Waals surface area contributed by atoms with E-state index in [1.165, 1.54) is 11.8 Å². The Balaban J connectivity index is 1.81. The average Bonchev–Trinajstić information content (AvgIpc) is 3.08. The molecule has 1 aromatic carbocycles. The number of methoxy groups -OCH3 is 2. The Labute approximate surface area is 179 Å². The second kappa shape index (κ2) is 9.25. The molecule has 0 aliphatic carbocycles. The van der Waals surface area contributed by atoms with E-state index in [-0.39, 0.29) is 23.1 Å². The number of hydrogen-bond acceptors (Lipinski definition) is 6. The van der Waals surface area contributed by atoms with E-state index in [9.17, 15) is 9.59 Å². The third-order valence-corrected chi connectivity index (χ3v) is 5.33. The Morgan fingerprint density at radius 1 is 1.20 bits per heavy atom. The van der Waals surface area contributed by atoms with Crippen molar-refractivity contribution in [1.82, 2.24) is 14.5 Å². The fourth-order valence-electron chi connectivity index (χ4n) is 3.05. The molecule has 1 amide bonds. The van der Waals surface area contributed by atoms with Gasteiger partial charge in [-0.1, -0.05) is 25.6 Å². The number of thioether (sulfide) groups is 1. The SMILES string of the molecule is COc1cc(NC(=O)CSc2nc3cc(C)[nH]c3c(=O)n2CC(C)C)cc(OC)c1. The Hall–Kier alpha value is -2.94. The van der Waals surface area contributed by atoms with Crippen LogP contribution in [0.25, 0.3) is 11.0 Å². The zero-order chi connectivity index (χ0) is 21.8. The maximum absolute atomic E-state index is 12.9. The fraction of sp³-hybridized carbons (Fsp3) is 0.381. The highest BCUT2D eigenvalue weighted by Crippen LogP contribution is 2.26. The van der Waals surface area contributed by atoms with Gasteiger partial charge in [-0.15, -0.1) is 0 Å². The molecule has 9 heteroatoms. The van der Waals surface area contributed by atoms with Crippen LogP contribution in [0, 0.1) is 12.8 Å². The average molecular weight is 431 g/mol. The molecule has 0 unspecified atom stereocenters. The third-order valence-electron chi connectivity index (χ3n) is 4.35. The van der Waals surface area contributed by atoms with Crippen LogP contribution in [-0.4, -0.2) is 40.4 Å². The molecule has 2 N–H and O–H groups in total. The molecule has 30 heavy (non-hydrogen) atoms. The van der Waals surface area contributed by atoms with Crippen LogP contribution in [0.3, 0.4) is 0 Å². The summed E-state index contributed by atoms with van der Waals surface area (Å²) in [5.41, 5.74) is 2.42. The minimum absolute atomic E-state index is 0.110. The second-order valence-electron chi connectivity index (χ2n) is 7.35. The summed E-state index contributed by atoms with van der Waals surface area (Å²) in [6.07, 6.45) is 0. The van der Waals surface area contributed by atoms with Gasteiger partial charge >= 0.3 is 0 Å². The molecule has 3 rings (SSSR count). The van der Waals surface area contributed by atoms with E-state index in [1.54, 1.807) is 37.0 Å². The summed E-state index contributed by atoms with van der Waals surface area (Å²) in [6.45, 7) is 6.48. The zero-order valence-corrected chi connectivity index (χ0v) is 18.6. The van der Waals surface area contributed by atoms with Crippen LogP contribution in [0.5, 0.6) is 11.5 Å². The number of aromatic amines is 1. The first-order valence-corrected chi connectivity index (χ1v) is 10.5. The Morgan fingerprint density at radius 2 is 1.87 bits per heavy atom. The maximum Gasteiger partial charge on any atom is 0.278 e. The van der Waals surface area contributed by atoms with Crippen molar-refractivity contribution in [3.05, 3.63) is 40.3 Å². The lowest BCUT2D eigenvalue weighted by atomic mass is 10.2. The van der Waals surface area contributed by atoms with Gasteiger partial charge in [-0.3, -0.25) is 14.2 Å². The summed E-state index contributed by atoms with van der Waals surface area (Å²) >= 11 is 1.24. The number of carbonyl (C=O) groups is 1. The number of ether oxygens (including phenoxy) is 2. The van der Waals surface area contributed by atoms with E-state index in [0.29, 0.717) is 39.9 Å². The Kier molecular flexibility index (Phi) is 6.71. The molecule has 2 heterocycles. The molecule has 0 atom stereocenters. The quantitative estimate of drug-likeness (QED) is 0.420. The van der Waals surface area contributed by atoms with E-state index in [2.05, 4.69) is 15.3 Å². The van der Waals surface area contributed by atoms with Crippen LogP contribution in [-0.2, 0) is 11.3 Å². The van der Waals surface area contributed by atoms with Gasteiger partial charge in [-0.25, -0.2) is 4.98 Å². The summed E-state index contributed by atoms with van der Waals surface area (Å²) in [5, 5.41) is 3.36. The lowest BCUT2D eigenvalue weighted by Gasteiger charge is -2.14.